The SMILES string of the molecule is COc1ccc(CNC(=O)c2cc(C)nc(CC(C)=O)c2)cc1C(F)(F)F. The van der Waals surface area contributed by atoms with Crippen molar-refractivity contribution in [3.63, 3.8) is 0 Å². The van der Waals surface area contributed by atoms with E-state index in [1.165, 1.54) is 25.1 Å². The minimum Gasteiger partial charge on any atom is -0.496 e. The number of rotatable bonds is 6. The predicted octanol–water partition coefficient (Wildman–Crippen LogP) is 3.48. The third kappa shape index (κ3) is 5.54. The van der Waals surface area contributed by atoms with Gasteiger partial charge in [0, 0.05) is 29.9 Å². The predicted molar refractivity (Wildman–Crippen MR) is 92.5 cm³/mol. The van der Waals surface area contributed by atoms with Crippen molar-refractivity contribution in [2.75, 3.05) is 7.11 Å². The van der Waals surface area contributed by atoms with Gasteiger partial charge in [-0.2, -0.15) is 13.2 Å². The van der Waals surface area contributed by atoms with Gasteiger partial charge in [0.1, 0.15) is 11.5 Å². The van der Waals surface area contributed by atoms with E-state index in [-0.39, 0.29) is 30.1 Å². The van der Waals surface area contributed by atoms with Crippen LogP contribution in [-0.2, 0) is 23.9 Å². The molecule has 0 fully saturated rings. The zero-order valence-corrected chi connectivity index (χ0v) is 15.1. The Hall–Kier alpha value is -2.90. The van der Waals surface area contributed by atoms with E-state index in [0.29, 0.717) is 17.0 Å². The van der Waals surface area contributed by atoms with Gasteiger partial charge in [0.15, 0.2) is 0 Å². The average molecular weight is 380 g/mol. The summed E-state index contributed by atoms with van der Waals surface area (Å²) < 4.78 is 43.9. The van der Waals surface area contributed by atoms with E-state index in [9.17, 15) is 22.8 Å². The van der Waals surface area contributed by atoms with Crippen LogP contribution in [0, 0.1) is 6.92 Å². The van der Waals surface area contributed by atoms with Gasteiger partial charge in [-0.1, -0.05) is 6.07 Å². The number of benzene rings is 1. The maximum absolute atomic E-state index is 13.1. The zero-order valence-electron chi connectivity index (χ0n) is 15.1. The first-order valence-corrected chi connectivity index (χ1v) is 8.09. The molecule has 5 nitrogen and oxygen atoms in total. The molecule has 1 aromatic carbocycles. The Kier molecular flexibility index (Phi) is 6.20. The van der Waals surface area contributed by atoms with E-state index in [1.807, 2.05) is 0 Å². The normalized spacial score (nSPS) is 11.2. The molecule has 1 heterocycles. The van der Waals surface area contributed by atoms with E-state index >= 15 is 0 Å². The summed E-state index contributed by atoms with van der Waals surface area (Å²) in [5.41, 5.74) is 0.717. The monoisotopic (exact) mass is 380 g/mol. The molecule has 2 rings (SSSR count). The number of pyridine rings is 1. The van der Waals surface area contributed by atoms with Crippen molar-refractivity contribution < 1.29 is 27.5 Å². The van der Waals surface area contributed by atoms with Crippen LogP contribution in [0.1, 0.15) is 39.8 Å². The fraction of sp³-hybridized carbons (Fsp3) is 0.316. The van der Waals surface area contributed by atoms with Gasteiger partial charge in [0.25, 0.3) is 5.91 Å². The summed E-state index contributed by atoms with van der Waals surface area (Å²) in [7, 11) is 1.16. The molecular formula is C19H19F3N2O3. The fourth-order valence-corrected chi connectivity index (χ4v) is 2.59. The number of hydrogen-bond donors (Lipinski definition) is 1. The van der Waals surface area contributed by atoms with Gasteiger partial charge in [-0.3, -0.25) is 14.6 Å². The van der Waals surface area contributed by atoms with E-state index in [2.05, 4.69) is 10.3 Å². The molecule has 0 aliphatic heterocycles. The molecule has 0 unspecified atom stereocenters. The summed E-state index contributed by atoms with van der Waals surface area (Å²) in [5.74, 6) is -0.830. The number of ether oxygens (including phenoxy) is 1. The maximum atomic E-state index is 13.1. The summed E-state index contributed by atoms with van der Waals surface area (Å²) >= 11 is 0. The molecule has 144 valence electrons. The molecule has 0 aliphatic carbocycles. The number of hydrogen-bond acceptors (Lipinski definition) is 4. The van der Waals surface area contributed by atoms with Crippen LogP contribution in [0.25, 0.3) is 0 Å². The summed E-state index contributed by atoms with van der Waals surface area (Å²) in [6, 6.07) is 6.66. The fourth-order valence-electron chi connectivity index (χ4n) is 2.59. The van der Waals surface area contributed by atoms with Crippen LogP contribution in [0.15, 0.2) is 30.3 Å². The number of aromatic nitrogens is 1. The van der Waals surface area contributed by atoms with Crippen LogP contribution in [-0.4, -0.2) is 23.8 Å². The van der Waals surface area contributed by atoms with Gasteiger partial charge < -0.3 is 10.1 Å². The van der Waals surface area contributed by atoms with Gasteiger partial charge in [-0.25, -0.2) is 0 Å². The van der Waals surface area contributed by atoms with Crippen LogP contribution >= 0.6 is 0 Å². The second-order valence-electron chi connectivity index (χ2n) is 6.08. The van der Waals surface area contributed by atoms with Crippen molar-refractivity contribution >= 4 is 11.7 Å². The second kappa shape index (κ2) is 8.20. The van der Waals surface area contributed by atoms with E-state index in [4.69, 9.17) is 4.74 Å². The molecule has 0 bridgehead atoms. The van der Waals surface area contributed by atoms with Gasteiger partial charge >= 0.3 is 6.18 Å². The number of nitrogens with one attached hydrogen (secondary N) is 1. The molecule has 1 aromatic heterocycles. The van der Waals surface area contributed by atoms with Crippen molar-refractivity contribution in [3.05, 3.63) is 58.4 Å². The number of alkyl halides is 3. The Balaban J connectivity index is 2.16. The lowest BCUT2D eigenvalue weighted by molar-refractivity contribution is -0.138. The van der Waals surface area contributed by atoms with Crippen LogP contribution in [0.4, 0.5) is 13.2 Å². The van der Waals surface area contributed by atoms with Gasteiger partial charge in [0.2, 0.25) is 0 Å². The lowest BCUT2D eigenvalue weighted by Crippen LogP contribution is -2.23. The molecule has 0 atom stereocenters. The number of nitrogens with zero attached hydrogens (tertiary/aromatic N) is 1. The first kappa shape index (κ1) is 20.4. The lowest BCUT2D eigenvalue weighted by atomic mass is 10.1. The molecule has 0 aliphatic rings. The molecule has 27 heavy (non-hydrogen) atoms. The van der Waals surface area contributed by atoms with E-state index in [1.54, 1.807) is 13.0 Å². The lowest BCUT2D eigenvalue weighted by Gasteiger charge is -2.14. The highest BCUT2D eigenvalue weighted by Crippen LogP contribution is 2.36. The Bertz CT molecular complexity index is 864. The summed E-state index contributed by atoms with van der Waals surface area (Å²) in [5, 5.41) is 2.58. The van der Waals surface area contributed by atoms with Crippen molar-refractivity contribution in [1.29, 1.82) is 0 Å². The maximum Gasteiger partial charge on any atom is 0.419 e. The largest absolute Gasteiger partial charge is 0.496 e. The third-order valence-electron chi connectivity index (χ3n) is 3.72. The van der Waals surface area contributed by atoms with Crippen molar-refractivity contribution in [3.8, 4) is 5.75 Å². The number of methoxy groups -OCH3 is 1. The van der Waals surface area contributed by atoms with Gasteiger partial charge in [-0.05, 0) is 43.7 Å². The summed E-state index contributed by atoms with van der Waals surface area (Å²) in [6.07, 6.45) is -4.45. The van der Waals surface area contributed by atoms with Crippen LogP contribution in [0.3, 0.4) is 0 Å². The summed E-state index contributed by atoms with van der Waals surface area (Å²) in [4.78, 5) is 27.8. The van der Waals surface area contributed by atoms with E-state index < -0.39 is 17.6 Å². The highest BCUT2D eigenvalue weighted by molar-refractivity contribution is 5.94. The highest BCUT2D eigenvalue weighted by Gasteiger charge is 2.34. The van der Waals surface area contributed by atoms with Crippen molar-refractivity contribution in [2.24, 2.45) is 0 Å². The molecule has 0 spiro atoms. The standard InChI is InChI=1S/C19H19F3N2O3/c1-11-6-14(9-15(24-11)7-12(2)25)18(26)23-10-13-4-5-17(27-3)16(8-13)19(20,21)22/h4-6,8-9H,7,10H2,1-3H3,(H,23,26). The second-order valence-corrected chi connectivity index (χ2v) is 6.08. The Morgan fingerprint density at radius 1 is 1.19 bits per heavy atom. The van der Waals surface area contributed by atoms with Crippen molar-refractivity contribution in [2.45, 2.75) is 33.0 Å². The summed E-state index contributed by atoms with van der Waals surface area (Å²) in [6.45, 7) is 3.03. The third-order valence-corrected chi connectivity index (χ3v) is 3.72. The Morgan fingerprint density at radius 3 is 2.48 bits per heavy atom. The molecular weight excluding hydrogens is 361 g/mol. The molecule has 2 aromatic rings. The number of carbonyl (C=O) groups is 2. The average Bonchev–Trinajstić information content (AvgIpc) is 2.57. The topological polar surface area (TPSA) is 68.3 Å². The molecule has 1 N–H and O–H groups in total. The number of Topliss-reactive ketones (excluding diaryl/α,β-unsaturated/α-hetero) is 1. The minimum absolute atomic E-state index is 0.0858. The number of ketones is 1. The number of carbonyl (C=O) groups excluding carboxylic acids is 2. The Labute approximate surface area is 154 Å². The smallest absolute Gasteiger partial charge is 0.419 e. The number of halogens is 3. The van der Waals surface area contributed by atoms with Crippen LogP contribution < -0.4 is 10.1 Å². The molecule has 0 radical (unpaired) electrons. The van der Waals surface area contributed by atoms with Crippen LogP contribution in [0.5, 0.6) is 5.75 Å². The first-order valence-electron chi connectivity index (χ1n) is 8.09. The van der Waals surface area contributed by atoms with Crippen molar-refractivity contribution in [1.82, 2.24) is 10.3 Å². The minimum atomic E-state index is -4.56. The molecule has 8 heteroatoms. The molecule has 0 saturated heterocycles. The number of aryl methyl sites for hydroxylation is 1. The molecule has 1 amide bonds. The highest BCUT2D eigenvalue weighted by atomic mass is 19.4. The number of amides is 1. The van der Waals surface area contributed by atoms with Gasteiger partial charge in [0.05, 0.1) is 12.7 Å². The van der Waals surface area contributed by atoms with E-state index in [0.717, 1.165) is 13.2 Å². The molecule has 0 saturated carbocycles. The first-order chi connectivity index (χ1) is 12.6. The zero-order chi connectivity index (χ0) is 20.2. The Morgan fingerprint density at radius 2 is 1.89 bits per heavy atom. The van der Waals surface area contributed by atoms with Gasteiger partial charge in [-0.15, -0.1) is 0 Å². The van der Waals surface area contributed by atoms with Crippen LogP contribution in [0.2, 0.25) is 0 Å². The quantitative estimate of drug-likeness (QED) is 0.833.